The Kier molecular flexibility index (Phi) is 6.44. The molecule has 1 aliphatic heterocycles. The molecule has 0 saturated carbocycles. The topological polar surface area (TPSA) is 111 Å². The Balaban J connectivity index is 1.60. The van der Waals surface area contributed by atoms with Crippen LogP contribution in [0.2, 0.25) is 10.0 Å². The van der Waals surface area contributed by atoms with Crippen molar-refractivity contribution in [1.29, 1.82) is 0 Å². The quantitative estimate of drug-likeness (QED) is 0.481. The number of aromatic hydroxyl groups is 2. The van der Waals surface area contributed by atoms with Crippen LogP contribution in [0, 0.1) is 0 Å². The molecule has 2 heterocycles. The standard InChI is InChI=1S/C18H18Cl2N2O5S/c19-15-12-6-7-22(9-13(12)16(20)18(25)17(15)24)14(23)3-1-2-10-4-5-11(8-21-10)28(26)27/h4-5,8,24-25H,1-3,6-7,9H2,(H,26,27). The van der Waals surface area contributed by atoms with Crippen LogP contribution < -0.4 is 0 Å². The summed E-state index contributed by atoms with van der Waals surface area (Å²) in [6.45, 7) is 0.664. The highest BCUT2D eigenvalue weighted by molar-refractivity contribution is 7.79. The van der Waals surface area contributed by atoms with Crippen LogP contribution in [-0.2, 0) is 35.3 Å². The zero-order valence-corrected chi connectivity index (χ0v) is 17.0. The molecule has 150 valence electrons. The minimum atomic E-state index is -2.06. The molecule has 0 saturated heterocycles. The zero-order chi connectivity index (χ0) is 20.4. The lowest BCUT2D eigenvalue weighted by atomic mass is 9.98. The maximum atomic E-state index is 12.5. The smallest absolute Gasteiger partial charge is 0.222 e. The van der Waals surface area contributed by atoms with Gasteiger partial charge in [0, 0.05) is 31.4 Å². The lowest BCUT2D eigenvalue weighted by Crippen LogP contribution is -2.36. The predicted octanol–water partition coefficient (Wildman–Crippen LogP) is 3.29. The highest BCUT2D eigenvalue weighted by Crippen LogP contribution is 2.46. The fourth-order valence-corrected chi connectivity index (χ4v) is 4.04. The number of rotatable bonds is 5. The number of pyridine rings is 1. The maximum absolute atomic E-state index is 12.5. The fourth-order valence-electron chi connectivity index (χ4n) is 3.15. The number of phenols is 2. The first-order chi connectivity index (χ1) is 13.3. The van der Waals surface area contributed by atoms with E-state index in [0.29, 0.717) is 43.4 Å². The molecule has 1 unspecified atom stereocenters. The zero-order valence-electron chi connectivity index (χ0n) is 14.7. The number of fused-ring (bicyclic) bond motifs is 1. The van der Waals surface area contributed by atoms with Gasteiger partial charge in [-0.3, -0.25) is 9.78 Å². The van der Waals surface area contributed by atoms with Crippen LogP contribution in [0.25, 0.3) is 0 Å². The second-order valence-electron chi connectivity index (χ2n) is 6.44. The number of nitrogens with zero attached hydrogens (tertiary/aromatic N) is 2. The van der Waals surface area contributed by atoms with Gasteiger partial charge in [-0.25, -0.2) is 4.21 Å². The molecular formula is C18H18Cl2N2O5S. The van der Waals surface area contributed by atoms with E-state index in [9.17, 15) is 19.2 Å². The van der Waals surface area contributed by atoms with Gasteiger partial charge in [0.2, 0.25) is 5.91 Å². The second kappa shape index (κ2) is 8.65. The number of benzene rings is 1. The molecule has 0 aliphatic carbocycles. The Morgan fingerprint density at radius 1 is 1.18 bits per heavy atom. The lowest BCUT2D eigenvalue weighted by molar-refractivity contribution is -0.132. The lowest BCUT2D eigenvalue weighted by Gasteiger charge is -2.30. The number of phenolic OH excluding ortho intramolecular Hbond substituents is 2. The summed E-state index contributed by atoms with van der Waals surface area (Å²) in [5.74, 6) is -0.967. The molecule has 3 rings (SSSR count). The number of carbonyl (C=O) groups is 1. The minimum Gasteiger partial charge on any atom is -0.503 e. The number of aryl methyl sites for hydroxylation is 1. The van der Waals surface area contributed by atoms with Gasteiger partial charge in [-0.15, -0.1) is 0 Å². The molecule has 1 aliphatic rings. The van der Waals surface area contributed by atoms with E-state index in [0.717, 1.165) is 5.69 Å². The fraction of sp³-hybridized carbons (Fsp3) is 0.333. The van der Waals surface area contributed by atoms with Gasteiger partial charge in [0.05, 0.1) is 14.9 Å². The Morgan fingerprint density at radius 3 is 2.46 bits per heavy atom. The van der Waals surface area contributed by atoms with Crippen LogP contribution in [0.3, 0.4) is 0 Å². The largest absolute Gasteiger partial charge is 0.503 e. The van der Waals surface area contributed by atoms with Gasteiger partial charge in [0.15, 0.2) is 22.6 Å². The van der Waals surface area contributed by atoms with Gasteiger partial charge < -0.3 is 19.7 Å². The van der Waals surface area contributed by atoms with E-state index in [2.05, 4.69) is 4.98 Å². The number of hydrogen-bond donors (Lipinski definition) is 3. The van der Waals surface area contributed by atoms with Crippen molar-refractivity contribution < 1.29 is 23.8 Å². The summed E-state index contributed by atoms with van der Waals surface area (Å²) in [7, 11) is 0. The SMILES string of the molecule is O=C(CCCc1ccc(S(=O)O)cn1)N1CCc2c(Cl)c(O)c(O)c(Cl)c2C1. The summed E-state index contributed by atoms with van der Waals surface area (Å²) in [5, 5.41) is 19.8. The van der Waals surface area contributed by atoms with Crippen molar-refractivity contribution in [2.75, 3.05) is 6.54 Å². The maximum Gasteiger partial charge on any atom is 0.222 e. The van der Waals surface area contributed by atoms with Crippen molar-refractivity contribution in [3.05, 3.63) is 45.2 Å². The molecular weight excluding hydrogens is 427 g/mol. The number of carbonyl (C=O) groups excluding carboxylic acids is 1. The van der Waals surface area contributed by atoms with Crippen molar-refractivity contribution >= 4 is 40.2 Å². The van der Waals surface area contributed by atoms with E-state index in [-0.39, 0.29) is 27.4 Å². The van der Waals surface area contributed by atoms with Gasteiger partial charge in [0.1, 0.15) is 0 Å². The van der Waals surface area contributed by atoms with Gasteiger partial charge in [-0.05, 0) is 42.5 Å². The average Bonchev–Trinajstić information content (AvgIpc) is 2.70. The van der Waals surface area contributed by atoms with Crippen LogP contribution in [0.4, 0.5) is 0 Å². The average molecular weight is 445 g/mol. The molecule has 28 heavy (non-hydrogen) atoms. The van der Waals surface area contributed by atoms with Crippen LogP contribution in [-0.4, -0.2) is 41.3 Å². The first-order valence-corrected chi connectivity index (χ1v) is 10.4. The normalized spacial score (nSPS) is 14.6. The van der Waals surface area contributed by atoms with E-state index in [1.807, 2.05) is 0 Å². The van der Waals surface area contributed by atoms with Gasteiger partial charge in [-0.1, -0.05) is 23.2 Å². The summed E-state index contributed by atoms with van der Waals surface area (Å²) < 4.78 is 19.9. The molecule has 1 amide bonds. The number of amides is 1. The number of aromatic nitrogens is 1. The summed E-state index contributed by atoms with van der Waals surface area (Å²) in [5.41, 5.74) is 1.94. The van der Waals surface area contributed by atoms with Crippen molar-refractivity contribution in [1.82, 2.24) is 9.88 Å². The first kappa shape index (κ1) is 20.9. The molecule has 1 aromatic carbocycles. The van der Waals surface area contributed by atoms with E-state index < -0.39 is 22.6 Å². The third kappa shape index (κ3) is 4.25. The molecule has 3 N–H and O–H groups in total. The van der Waals surface area contributed by atoms with E-state index in [1.165, 1.54) is 12.3 Å². The highest BCUT2D eigenvalue weighted by atomic mass is 35.5. The van der Waals surface area contributed by atoms with E-state index in [4.69, 9.17) is 27.8 Å². The van der Waals surface area contributed by atoms with Crippen LogP contribution >= 0.6 is 23.2 Å². The summed E-state index contributed by atoms with van der Waals surface area (Å²) >= 11 is 10.2. The predicted molar refractivity (Wildman–Crippen MR) is 105 cm³/mol. The summed E-state index contributed by atoms with van der Waals surface area (Å²) in [4.78, 5) is 18.5. The molecule has 1 atom stereocenters. The summed E-state index contributed by atoms with van der Waals surface area (Å²) in [6, 6.07) is 3.21. The third-order valence-electron chi connectivity index (χ3n) is 4.69. The number of hydrogen-bond acceptors (Lipinski definition) is 5. The second-order valence-corrected chi connectivity index (χ2v) is 8.16. The molecule has 7 nitrogen and oxygen atoms in total. The van der Waals surface area contributed by atoms with Crippen molar-refractivity contribution in [3.8, 4) is 11.5 Å². The minimum absolute atomic E-state index is 0.0139. The Labute approximate surface area is 174 Å². The summed E-state index contributed by atoms with van der Waals surface area (Å²) in [6.07, 6.45) is 3.24. The molecule has 1 aromatic heterocycles. The van der Waals surface area contributed by atoms with Gasteiger partial charge in [0.25, 0.3) is 0 Å². The van der Waals surface area contributed by atoms with Crippen LogP contribution in [0.15, 0.2) is 23.2 Å². The molecule has 2 aromatic rings. The van der Waals surface area contributed by atoms with Crippen molar-refractivity contribution in [2.24, 2.45) is 0 Å². The van der Waals surface area contributed by atoms with Gasteiger partial charge in [-0.2, -0.15) is 0 Å². The van der Waals surface area contributed by atoms with Crippen molar-refractivity contribution in [2.45, 2.75) is 37.1 Å². The Hall–Kier alpha value is -1.87. The molecule has 0 spiro atoms. The first-order valence-electron chi connectivity index (χ1n) is 8.53. The Morgan fingerprint density at radius 2 is 1.86 bits per heavy atom. The number of halogens is 2. The van der Waals surface area contributed by atoms with Crippen LogP contribution in [0.5, 0.6) is 11.5 Å². The van der Waals surface area contributed by atoms with E-state index >= 15 is 0 Å². The molecule has 0 bridgehead atoms. The molecule has 10 heteroatoms. The third-order valence-corrected chi connectivity index (χ3v) is 6.15. The highest BCUT2D eigenvalue weighted by Gasteiger charge is 2.28. The molecule has 0 radical (unpaired) electrons. The Bertz CT molecular complexity index is 937. The van der Waals surface area contributed by atoms with Gasteiger partial charge >= 0.3 is 0 Å². The van der Waals surface area contributed by atoms with E-state index in [1.54, 1.807) is 11.0 Å². The van der Waals surface area contributed by atoms with Crippen LogP contribution in [0.1, 0.15) is 29.7 Å². The molecule has 0 fully saturated rings. The van der Waals surface area contributed by atoms with Crippen molar-refractivity contribution in [3.63, 3.8) is 0 Å². The monoisotopic (exact) mass is 444 g/mol.